The van der Waals surface area contributed by atoms with Gasteiger partial charge >= 0.3 is 0 Å². The third-order valence-corrected chi connectivity index (χ3v) is 3.10. The average Bonchev–Trinajstić information content (AvgIpc) is 2.20. The molecule has 14 heavy (non-hydrogen) atoms. The molecule has 0 amide bonds. The summed E-state index contributed by atoms with van der Waals surface area (Å²) in [6.45, 7) is 4.33. The second-order valence-electron chi connectivity index (χ2n) is 4.14. The molecule has 0 aliphatic heterocycles. The van der Waals surface area contributed by atoms with Gasteiger partial charge in [0.2, 0.25) is 0 Å². The molecule has 0 unspecified atom stereocenters. The molecular weight excluding hydrogens is 176 g/mol. The molecule has 1 fully saturated rings. The van der Waals surface area contributed by atoms with Gasteiger partial charge in [-0.05, 0) is 44.9 Å². The highest BCUT2D eigenvalue weighted by atomic mass is 16.5. The molecule has 1 aliphatic rings. The first kappa shape index (κ1) is 11.3. The van der Waals surface area contributed by atoms with Gasteiger partial charge in [0, 0.05) is 0 Å². The fraction of sp³-hybridized carbons (Fsp3) is 0.750. The van der Waals surface area contributed by atoms with E-state index in [9.17, 15) is 4.79 Å². The normalized spacial score (nSPS) is 20.0. The molecule has 0 N–H and O–H groups in total. The van der Waals surface area contributed by atoms with Crippen molar-refractivity contribution in [3.63, 3.8) is 0 Å². The van der Waals surface area contributed by atoms with Crippen LogP contribution in [0.4, 0.5) is 0 Å². The molecule has 0 aromatic heterocycles. The van der Waals surface area contributed by atoms with E-state index in [2.05, 4.69) is 6.58 Å². The monoisotopic (exact) mass is 196 g/mol. The van der Waals surface area contributed by atoms with Gasteiger partial charge < -0.3 is 4.74 Å². The predicted molar refractivity (Wildman–Crippen MR) is 57.0 cm³/mol. The van der Waals surface area contributed by atoms with Gasteiger partial charge in [0.15, 0.2) is 0 Å². The molecule has 0 heterocycles. The van der Waals surface area contributed by atoms with Crippen molar-refractivity contribution >= 4 is 6.47 Å². The average molecular weight is 196 g/mol. The van der Waals surface area contributed by atoms with Crippen molar-refractivity contribution in [2.75, 3.05) is 0 Å². The van der Waals surface area contributed by atoms with Crippen molar-refractivity contribution in [2.24, 2.45) is 0 Å². The number of carbonyl (C=O) groups excluding carboxylic acids is 1. The molecule has 1 aliphatic carbocycles. The van der Waals surface area contributed by atoms with E-state index in [-0.39, 0.29) is 5.60 Å². The minimum Gasteiger partial charge on any atom is -0.461 e. The number of allylic oxidation sites excluding steroid dienone is 1. The summed E-state index contributed by atoms with van der Waals surface area (Å²) in [6, 6.07) is 0. The van der Waals surface area contributed by atoms with E-state index in [4.69, 9.17) is 4.74 Å². The Kier molecular flexibility index (Phi) is 4.71. The Hall–Kier alpha value is -0.790. The molecular formula is C12H20O2. The van der Waals surface area contributed by atoms with Crippen molar-refractivity contribution in [2.45, 2.75) is 57.0 Å². The SMILES string of the molecule is C=CCCCC1(OC=O)CCCCC1. The largest absolute Gasteiger partial charge is 0.461 e. The Morgan fingerprint density at radius 3 is 2.57 bits per heavy atom. The van der Waals surface area contributed by atoms with Crippen LogP contribution in [0.15, 0.2) is 12.7 Å². The Morgan fingerprint density at radius 2 is 2.00 bits per heavy atom. The summed E-state index contributed by atoms with van der Waals surface area (Å²) in [5.74, 6) is 0. The molecule has 0 aromatic rings. The van der Waals surface area contributed by atoms with Crippen molar-refractivity contribution in [1.82, 2.24) is 0 Å². The van der Waals surface area contributed by atoms with Crippen LogP contribution in [-0.4, -0.2) is 12.1 Å². The first-order chi connectivity index (χ1) is 6.83. The highest BCUT2D eigenvalue weighted by molar-refractivity contribution is 5.38. The second kappa shape index (κ2) is 5.84. The van der Waals surface area contributed by atoms with Gasteiger partial charge in [-0.3, -0.25) is 4.79 Å². The van der Waals surface area contributed by atoms with Gasteiger partial charge in [-0.1, -0.05) is 12.5 Å². The van der Waals surface area contributed by atoms with E-state index in [1.54, 1.807) is 0 Å². The van der Waals surface area contributed by atoms with E-state index in [1.807, 2.05) is 6.08 Å². The van der Waals surface area contributed by atoms with Crippen molar-refractivity contribution < 1.29 is 9.53 Å². The molecule has 1 saturated carbocycles. The Morgan fingerprint density at radius 1 is 1.29 bits per heavy atom. The molecule has 1 rings (SSSR count). The molecule has 0 spiro atoms. The molecule has 0 bridgehead atoms. The van der Waals surface area contributed by atoms with Gasteiger partial charge in [0.25, 0.3) is 6.47 Å². The van der Waals surface area contributed by atoms with Crippen LogP contribution in [0.2, 0.25) is 0 Å². The van der Waals surface area contributed by atoms with Crippen LogP contribution in [0.3, 0.4) is 0 Å². The van der Waals surface area contributed by atoms with Crippen LogP contribution < -0.4 is 0 Å². The molecule has 0 radical (unpaired) electrons. The summed E-state index contributed by atoms with van der Waals surface area (Å²) in [7, 11) is 0. The predicted octanol–water partition coefficient (Wildman–Crippen LogP) is 3.22. The van der Waals surface area contributed by atoms with Crippen molar-refractivity contribution in [1.29, 1.82) is 0 Å². The molecule has 0 atom stereocenters. The smallest absolute Gasteiger partial charge is 0.293 e. The topological polar surface area (TPSA) is 26.3 Å². The van der Waals surface area contributed by atoms with E-state index in [0.29, 0.717) is 6.47 Å². The number of ether oxygens (including phenoxy) is 1. The second-order valence-corrected chi connectivity index (χ2v) is 4.14. The van der Waals surface area contributed by atoms with Gasteiger partial charge in [-0.25, -0.2) is 0 Å². The first-order valence-electron chi connectivity index (χ1n) is 5.55. The number of carbonyl (C=O) groups is 1. The van der Waals surface area contributed by atoms with Gasteiger partial charge in [0.05, 0.1) is 0 Å². The van der Waals surface area contributed by atoms with Gasteiger partial charge in [-0.2, -0.15) is 0 Å². The summed E-state index contributed by atoms with van der Waals surface area (Å²) in [5.41, 5.74) is -0.136. The van der Waals surface area contributed by atoms with Crippen LogP contribution in [-0.2, 0) is 9.53 Å². The lowest BCUT2D eigenvalue weighted by atomic mass is 9.81. The number of hydrogen-bond acceptors (Lipinski definition) is 2. The van der Waals surface area contributed by atoms with Crippen LogP contribution in [0, 0.1) is 0 Å². The van der Waals surface area contributed by atoms with Crippen LogP contribution in [0.25, 0.3) is 0 Å². The highest BCUT2D eigenvalue weighted by Crippen LogP contribution is 2.35. The zero-order valence-corrected chi connectivity index (χ0v) is 8.84. The molecule has 0 saturated heterocycles. The summed E-state index contributed by atoms with van der Waals surface area (Å²) >= 11 is 0. The highest BCUT2D eigenvalue weighted by Gasteiger charge is 2.32. The van der Waals surface area contributed by atoms with Crippen molar-refractivity contribution in [3.05, 3.63) is 12.7 Å². The number of hydrogen-bond donors (Lipinski definition) is 0. The number of unbranched alkanes of at least 4 members (excludes halogenated alkanes) is 1. The lowest BCUT2D eigenvalue weighted by Crippen LogP contribution is -2.34. The molecule has 2 nitrogen and oxygen atoms in total. The Balaban J connectivity index is 2.42. The van der Waals surface area contributed by atoms with Crippen LogP contribution in [0.1, 0.15) is 51.4 Å². The molecule has 0 aromatic carbocycles. The Labute approximate surface area is 86.3 Å². The number of rotatable bonds is 6. The maximum absolute atomic E-state index is 10.5. The fourth-order valence-electron chi connectivity index (χ4n) is 2.29. The molecule has 2 heteroatoms. The minimum atomic E-state index is -0.136. The van der Waals surface area contributed by atoms with E-state index >= 15 is 0 Å². The van der Waals surface area contributed by atoms with Crippen LogP contribution in [0.5, 0.6) is 0 Å². The summed E-state index contributed by atoms with van der Waals surface area (Å²) < 4.78 is 5.30. The lowest BCUT2D eigenvalue weighted by molar-refractivity contribution is -0.148. The van der Waals surface area contributed by atoms with Crippen molar-refractivity contribution in [3.8, 4) is 0 Å². The van der Waals surface area contributed by atoms with E-state index in [1.165, 1.54) is 19.3 Å². The summed E-state index contributed by atoms with van der Waals surface area (Å²) in [6.07, 6.45) is 10.8. The lowest BCUT2D eigenvalue weighted by Gasteiger charge is -2.35. The van der Waals surface area contributed by atoms with Gasteiger partial charge in [-0.15, -0.1) is 6.58 Å². The fourth-order valence-corrected chi connectivity index (χ4v) is 2.29. The maximum Gasteiger partial charge on any atom is 0.293 e. The quantitative estimate of drug-likeness (QED) is 0.370. The van der Waals surface area contributed by atoms with E-state index < -0.39 is 0 Å². The summed E-state index contributed by atoms with van der Waals surface area (Å²) in [5, 5.41) is 0. The summed E-state index contributed by atoms with van der Waals surface area (Å²) in [4.78, 5) is 10.5. The zero-order chi connectivity index (χ0) is 10.3. The first-order valence-corrected chi connectivity index (χ1v) is 5.55. The van der Waals surface area contributed by atoms with Gasteiger partial charge in [0.1, 0.15) is 5.60 Å². The third kappa shape index (κ3) is 3.17. The Bertz CT molecular complexity index is 181. The standard InChI is InChI=1S/C12H20O2/c1-2-3-5-8-12(14-11-13)9-6-4-7-10-12/h2,11H,1,3-10H2. The van der Waals surface area contributed by atoms with Crippen LogP contribution >= 0.6 is 0 Å². The van der Waals surface area contributed by atoms with E-state index in [0.717, 1.165) is 32.1 Å². The maximum atomic E-state index is 10.5. The minimum absolute atomic E-state index is 0.136. The molecule has 80 valence electrons. The zero-order valence-electron chi connectivity index (χ0n) is 8.84. The third-order valence-electron chi connectivity index (χ3n) is 3.10.